The molecule has 0 radical (unpaired) electrons. The number of nitrogens with zero attached hydrogens (tertiary/aromatic N) is 1. The highest BCUT2D eigenvalue weighted by Crippen LogP contribution is 2.21. The van der Waals surface area contributed by atoms with E-state index in [1.165, 1.54) is 16.9 Å². The molecule has 1 N–H and O–H groups in total. The first kappa shape index (κ1) is 13.0. The maximum absolute atomic E-state index is 12.7. The van der Waals surface area contributed by atoms with Crippen LogP contribution < -0.4 is 5.32 Å². The predicted octanol–water partition coefficient (Wildman–Crippen LogP) is 1.91. The average Bonchev–Trinajstić information content (AvgIpc) is 2.75. The van der Waals surface area contributed by atoms with Crippen molar-refractivity contribution in [3.05, 3.63) is 34.9 Å². The first-order chi connectivity index (χ1) is 9.36. The van der Waals surface area contributed by atoms with Gasteiger partial charge in [-0.05, 0) is 42.3 Å². The second kappa shape index (κ2) is 5.97. The van der Waals surface area contributed by atoms with E-state index in [0.29, 0.717) is 0 Å². The van der Waals surface area contributed by atoms with E-state index in [0.717, 1.165) is 50.3 Å². The molecule has 2 heterocycles. The lowest BCUT2D eigenvalue weighted by atomic mass is 9.94. The predicted molar refractivity (Wildman–Crippen MR) is 79.7 cm³/mol. The van der Waals surface area contributed by atoms with Crippen LogP contribution in [0.2, 0.25) is 0 Å². The fraction of sp³-hybridized carbons (Fsp3) is 0.533. The highest BCUT2D eigenvalue weighted by molar-refractivity contribution is 7.99. The van der Waals surface area contributed by atoms with Crippen LogP contribution in [0.3, 0.4) is 0 Å². The van der Waals surface area contributed by atoms with Gasteiger partial charge in [0.25, 0.3) is 5.91 Å². The summed E-state index contributed by atoms with van der Waals surface area (Å²) in [5.74, 6) is 2.49. The van der Waals surface area contributed by atoms with Crippen LogP contribution in [-0.2, 0) is 13.0 Å². The number of benzene rings is 1. The van der Waals surface area contributed by atoms with Gasteiger partial charge in [0.1, 0.15) is 0 Å². The first-order valence-electron chi connectivity index (χ1n) is 7.05. The molecule has 0 bridgehead atoms. The third-order valence-electron chi connectivity index (χ3n) is 3.88. The monoisotopic (exact) mass is 276 g/mol. The van der Waals surface area contributed by atoms with Crippen LogP contribution in [0, 0.1) is 0 Å². The van der Waals surface area contributed by atoms with E-state index in [1.807, 2.05) is 28.8 Å². The van der Waals surface area contributed by atoms with Crippen LogP contribution in [0.5, 0.6) is 0 Å². The number of thioether (sulfide) groups is 1. The number of fused-ring (bicyclic) bond motifs is 1. The Balaban J connectivity index is 1.86. The van der Waals surface area contributed by atoms with Gasteiger partial charge in [-0.25, -0.2) is 0 Å². The number of hydrogen-bond donors (Lipinski definition) is 1. The maximum Gasteiger partial charge on any atom is 0.254 e. The van der Waals surface area contributed by atoms with E-state index in [4.69, 9.17) is 0 Å². The van der Waals surface area contributed by atoms with Crippen molar-refractivity contribution in [1.82, 2.24) is 10.2 Å². The third-order valence-corrected chi connectivity index (χ3v) is 4.93. The Labute approximate surface area is 118 Å². The molecule has 1 saturated heterocycles. The molecule has 102 valence electrons. The van der Waals surface area contributed by atoms with Crippen molar-refractivity contribution in [3.8, 4) is 0 Å². The van der Waals surface area contributed by atoms with Crippen molar-refractivity contribution in [3.63, 3.8) is 0 Å². The van der Waals surface area contributed by atoms with Crippen molar-refractivity contribution in [2.75, 3.05) is 31.1 Å². The van der Waals surface area contributed by atoms with Crippen LogP contribution in [0.1, 0.15) is 27.9 Å². The van der Waals surface area contributed by atoms with Gasteiger partial charge < -0.3 is 10.2 Å². The summed E-state index contributed by atoms with van der Waals surface area (Å²) in [7, 11) is 0. The van der Waals surface area contributed by atoms with Crippen molar-refractivity contribution >= 4 is 17.7 Å². The smallest absolute Gasteiger partial charge is 0.254 e. The zero-order valence-corrected chi connectivity index (χ0v) is 12.0. The minimum atomic E-state index is 0.237. The second-order valence-electron chi connectivity index (χ2n) is 5.13. The Hall–Kier alpha value is -1.00. The van der Waals surface area contributed by atoms with Gasteiger partial charge in [0.15, 0.2) is 0 Å². The Morgan fingerprint density at radius 3 is 3.16 bits per heavy atom. The normalized spacial score (nSPS) is 19.7. The minimum absolute atomic E-state index is 0.237. The molecular formula is C15H20N2OS. The van der Waals surface area contributed by atoms with E-state index < -0.39 is 0 Å². The largest absolute Gasteiger partial charge is 0.338 e. The van der Waals surface area contributed by atoms with E-state index in [2.05, 4.69) is 11.4 Å². The number of carbonyl (C=O) groups excluding carboxylic acids is 1. The summed E-state index contributed by atoms with van der Waals surface area (Å²) in [6, 6.07) is 6.16. The molecule has 1 amide bonds. The lowest BCUT2D eigenvalue weighted by molar-refractivity contribution is 0.0767. The summed E-state index contributed by atoms with van der Waals surface area (Å²) in [6.45, 7) is 3.68. The summed E-state index contributed by atoms with van der Waals surface area (Å²) < 4.78 is 0. The lowest BCUT2D eigenvalue weighted by Crippen LogP contribution is -2.35. The molecule has 2 aliphatic rings. The molecule has 1 aromatic carbocycles. The summed E-state index contributed by atoms with van der Waals surface area (Å²) in [5.41, 5.74) is 3.50. The molecule has 1 fully saturated rings. The molecule has 19 heavy (non-hydrogen) atoms. The molecule has 4 heteroatoms. The van der Waals surface area contributed by atoms with Crippen LogP contribution in [-0.4, -0.2) is 41.9 Å². The molecule has 0 spiro atoms. The lowest BCUT2D eigenvalue weighted by Gasteiger charge is -2.24. The fourth-order valence-corrected chi connectivity index (χ4v) is 3.74. The molecule has 0 aromatic heterocycles. The molecule has 0 atom stereocenters. The minimum Gasteiger partial charge on any atom is -0.338 e. The van der Waals surface area contributed by atoms with Crippen molar-refractivity contribution < 1.29 is 4.79 Å². The van der Waals surface area contributed by atoms with Gasteiger partial charge in [-0.15, -0.1) is 0 Å². The fourth-order valence-electron chi connectivity index (χ4n) is 2.85. The Kier molecular flexibility index (Phi) is 4.09. The number of rotatable bonds is 1. The van der Waals surface area contributed by atoms with E-state index >= 15 is 0 Å². The van der Waals surface area contributed by atoms with E-state index in [9.17, 15) is 4.79 Å². The van der Waals surface area contributed by atoms with Crippen LogP contribution in [0.4, 0.5) is 0 Å². The molecule has 1 aromatic rings. The van der Waals surface area contributed by atoms with Crippen LogP contribution >= 0.6 is 11.8 Å². The molecule has 2 aliphatic heterocycles. The summed E-state index contributed by atoms with van der Waals surface area (Å²) in [5, 5.41) is 3.37. The van der Waals surface area contributed by atoms with Gasteiger partial charge in [0.2, 0.25) is 0 Å². The molecular weight excluding hydrogens is 256 g/mol. The number of carbonyl (C=O) groups is 1. The average molecular weight is 276 g/mol. The van der Waals surface area contributed by atoms with Crippen LogP contribution in [0.15, 0.2) is 18.2 Å². The summed E-state index contributed by atoms with van der Waals surface area (Å²) >= 11 is 1.96. The third kappa shape index (κ3) is 2.79. The number of hydrogen-bond acceptors (Lipinski definition) is 3. The van der Waals surface area contributed by atoms with Crippen molar-refractivity contribution in [1.29, 1.82) is 0 Å². The molecule has 3 rings (SSSR count). The van der Waals surface area contributed by atoms with Crippen LogP contribution in [0.25, 0.3) is 0 Å². The van der Waals surface area contributed by atoms with Gasteiger partial charge in [0.05, 0.1) is 0 Å². The zero-order valence-electron chi connectivity index (χ0n) is 11.2. The molecule has 0 aliphatic carbocycles. The Bertz CT molecular complexity index is 467. The van der Waals surface area contributed by atoms with Gasteiger partial charge in [-0.2, -0.15) is 11.8 Å². The van der Waals surface area contributed by atoms with Gasteiger partial charge >= 0.3 is 0 Å². The second-order valence-corrected chi connectivity index (χ2v) is 6.35. The van der Waals surface area contributed by atoms with E-state index in [1.54, 1.807) is 0 Å². The topological polar surface area (TPSA) is 32.3 Å². The quantitative estimate of drug-likeness (QED) is 0.850. The van der Waals surface area contributed by atoms with E-state index in [-0.39, 0.29) is 5.91 Å². The van der Waals surface area contributed by atoms with Gasteiger partial charge in [-0.1, -0.05) is 12.1 Å². The Morgan fingerprint density at radius 1 is 1.26 bits per heavy atom. The van der Waals surface area contributed by atoms with Gasteiger partial charge in [0, 0.05) is 31.0 Å². The highest BCUT2D eigenvalue weighted by atomic mass is 32.2. The standard InChI is InChI=1S/C15H20N2OS/c18-15(17-7-2-9-19-10-8-17)14-4-1-3-12-11-16-6-5-13(12)14/h1,3-4,16H,2,5-11H2. The zero-order chi connectivity index (χ0) is 13.1. The summed E-state index contributed by atoms with van der Waals surface area (Å²) in [4.78, 5) is 14.8. The maximum atomic E-state index is 12.7. The first-order valence-corrected chi connectivity index (χ1v) is 8.20. The Morgan fingerprint density at radius 2 is 2.21 bits per heavy atom. The molecule has 0 saturated carbocycles. The SMILES string of the molecule is O=C(c1cccc2c1CCNC2)N1CCCSCC1. The highest BCUT2D eigenvalue weighted by Gasteiger charge is 2.22. The van der Waals surface area contributed by atoms with Crippen molar-refractivity contribution in [2.24, 2.45) is 0 Å². The number of amides is 1. The van der Waals surface area contributed by atoms with Crippen molar-refractivity contribution in [2.45, 2.75) is 19.4 Å². The molecule has 0 unspecified atom stereocenters. The number of nitrogens with one attached hydrogen (secondary N) is 1. The van der Waals surface area contributed by atoms with Gasteiger partial charge in [-0.3, -0.25) is 4.79 Å². The summed E-state index contributed by atoms with van der Waals surface area (Å²) in [6.07, 6.45) is 2.09. The molecule has 3 nitrogen and oxygen atoms in total.